The summed E-state index contributed by atoms with van der Waals surface area (Å²) < 4.78 is 0. The van der Waals surface area contributed by atoms with E-state index in [-0.39, 0.29) is 22.3 Å². The molecule has 0 fully saturated rings. The number of benzene rings is 3. The average Bonchev–Trinajstić information content (AvgIpc) is 2.89. The fraction of sp³-hybridized carbons (Fsp3) is 0.0345. The van der Waals surface area contributed by atoms with Crippen molar-refractivity contribution in [2.24, 2.45) is 5.92 Å². The lowest BCUT2D eigenvalue weighted by Gasteiger charge is -2.25. The summed E-state index contributed by atoms with van der Waals surface area (Å²) in [5.41, 5.74) is -0.144. The molecule has 6 nitrogen and oxygen atoms in total. The van der Waals surface area contributed by atoms with Crippen molar-refractivity contribution in [2.75, 3.05) is 0 Å². The molecule has 35 heavy (non-hydrogen) atoms. The molecule has 0 radical (unpaired) electrons. The third-order valence-electron chi connectivity index (χ3n) is 5.98. The highest BCUT2D eigenvalue weighted by Gasteiger charge is 2.43. The molecule has 5 rings (SSSR count). The van der Waals surface area contributed by atoms with E-state index in [1.807, 2.05) is 0 Å². The number of carbonyl (C=O) groups excluding carboxylic acids is 4. The number of carbonyl (C=O) groups is 4. The lowest BCUT2D eigenvalue weighted by Crippen LogP contribution is -2.33. The smallest absolute Gasteiger partial charge is 0.234 e. The largest absolute Gasteiger partial charge is 0.507 e. The summed E-state index contributed by atoms with van der Waals surface area (Å²) in [4.78, 5) is 52.2. The van der Waals surface area contributed by atoms with Crippen molar-refractivity contribution < 1.29 is 29.4 Å². The summed E-state index contributed by atoms with van der Waals surface area (Å²) in [7, 11) is 0. The Balaban J connectivity index is 1.80. The second kappa shape index (κ2) is 8.40. The van der Waals surface area contributed by atoms with Gasteiger partial charge in [0.1, 0.15) is 11.5 Å². The lowest BCUT2D eigenvalue weighted by atomic mass is 9.75. The molecule has 0 amide bonds. The molecule has 2 N–H and O–H groups in total. The van der Waals surface area contributed by atoms with Gasteiger partial charge in [-0.1, -0.05) is 78.6 Å². The number of rotatable bonds is 2. The molecule has 0 atom stereocenters. The van der Waals surface area contributed by atoms with Crippen molar-refractivity contribution in [3.63, 3.8) is 0 Å². The van der Waals surface area contributed by atoms with Crippen LogP contribution in [0.5, 0.6) is 0 Å². The highest BCUT2D eigenvalue weighted by molar-refractivity contribution is 6.55. The van der Waals surface area contributed by atoms with Crippen molar-refractivity contribution >= 4 is 34.7 Å². The van der Waals surface area contributed by atoms with Crippen LogP contribution in [0.1, 0.15) is 37.4 Å². The van der Waals surface area contributed by atoms with E-state index in [0.717, 1.165) is 0 Å². The van der Waals surface area contributed by atoms with Crippen LogP contribution >= 0.6 is 0 Å². The van der Waals surface area contributed by atoms with E-state index in [0.29, 0.717) is 5.56 Å². The standard InChI is InChI=1S/C29H16O6/c30-24-17-10-4-6-12-19(17)26(32)28(34)22(24)21(15-14-16-8-2-1-3-9-16)23-25(31)18-11-5-7-13-20(18)27(33)29(23)35/h1-13,21,30-31H. The molecule has 0 aromatic heterocycles. The third kappa shape index (κ3) is 3.47. The number of allylic oxidation sites excluding steroid dienone is 2. The number of ketones is 4. The minimum absolute atomic E-state index is 0.0168. The Labute approximate surface area is 199 Å². The predicted octanol–water partition coefficient (Wildman–Crippen LogP) is 4.12. The Morgan fingerprint density at radius 1 is 0.514 bits per heavy atom. The monoisotopic (exact) mass is 460 g/mol. The first-order valence-electron chi connectivity index (χ1n) is 10.7. The minimum atomic E-state index is -1.54. The molecule has 3 aromatic rings. The molecule has 6 heteroatoms. The van der Waals surface area contributed by atoms with E-state index in [9.17, 15) is 29.4 Å². The molecule has 3 aromatic carbocycles. The van der Waals surface area contributed by atoms with Gasteiger partial charge in [0.15, 0.2) is 0 Å². The highest BCUT2D eigenvalue weighted by atomic mass is 16.3. The Kier molecular flexibility index (Phi) is 5.23. The fourth-order valence-corrected chi connectivity index (χ4v) is 4.27. The van der Waals surface area contributed by atoms with Gasteiger partial charge in [-0.25, -0.2) is 0 Å². The second-order valence-electron chi connectivity index (χ2n) is 8.00. The summed E-state index contributed by atoms with van der Waals surface area (Å²) in [5.74, 6) is -0.882. The summed E-state index contributed by atoms with van der Waals surface area (Å²) in [6, 6.07) is 20.7. The number of hydrogen-bond acceptors (Lipinski definition) is 6. The van der Waals surface area contributed by atoms with Crippen molar-refractivity contribution in [3.8, 4) is 11.8 Å². The molecule has 0 heterocycles. The summed E-state index contributed by atoms with van der Waals surface area (Å²) in [6.07, 6.45) is 0. The molecule has 0 saturated heterocycles. The van der Waals surface area contributed by atoms with Gasteiger partial charge >= 0.3 is 0 Å². The fourth-order valence-electron chi connectivity index (χ4n) is 4.27. The van der Waals surface area contributed by atoms with Crippen molar-refractivity contribution in [1.29, 1.82) is 0 Å². The van der Waals surface area contributed by atoms with Gasteiger partial charge < -0.3 is 10.2 Å². The molecule has 0 unspecified atom stereocenters. The van der Waals surface area contributed by atoms with Gasteiger partial charge in [-0.2, -0.15) is 0 Å². The van der Waals surface area contributed by atoms with E-state index in [4.69, 9.17) is 0 Å². The van der Waals surface area contributed by atoms with Crippen LogP contribution in [-0.2, 0) is 9.59 Å². The van der Waals surface area contributed by atoms with Crippen LogP contribution < -0.4 is 0 Å². The normalized spacial score (nSPS) is 15.1. The summed E-state index contributed by atoms with van der Waals surface area (Å²) in [5, 5.41) is 22.2. The summed E-state index contributed by atoms with van der Waals surface area (Å²) in [6.45, 7) is 0. The van der Waals surface area contributed by atoms with E-state index in [1.54, 1.807) is 54.6 Å². The van der Waals surface area contributed by atoms with Crippen LogP contribution in [0.25, 0.3) is 11.5 Å². The highest BCUT2D eigenvalue weighted by Crippen LogP contribution is 2.39. The maximum absolute atomic E-state index is 13.2. The molecule has 0 aliphatic heterocycles. The minimum Gasteiger partial charge on any atom is -0.507 e. The van der Waals surface area contributed by atoms with Gasteiger partial charge in [0.25, 0.3) is 0 Å². The molecular weight excluding hydrogens is 444 g/mol. The maximum atomic E-state index is 13.2. The van der Waals surface area contributed by atoms with Crippen molar-refractivity contribution in [1.82, 2.24) is 0 Å². The topological polar surface area (TPSA) is 109 Å². The van der Waals surface area contributed by atoms with E-state index >= 15 is 0 Å². The first-order valence-corrected chi connectivity index (χ1v) is 10.7. The SMILES string of the molecule is O=C1C(=O)c2ccccc2C(O)=C1C(C#Cc1ccccc1)C1=C(O)c2ccccc2C(=O)C1=O. The number of fused-ring (bicyclic) bond motifs is 2. The molecule has 0 bridgehead atoms. The van der Waals surface area contributed by atoms with Crippen LogP contribution in [0.15, 0.2) is 90.0 Å². The van der Waals surface area contributed by atoms with Gasteiger partial charge in [0, 0.05) is 27.8 Å². The number of Topliss-reactive ketones (excluding diaryl/α,β-unsaturated/α-hetero) is 4. The number of aliphatic hydroxyl groups excluding tert-OH is 2. The Morgan fingerprint density at radius 2 is 0.914 bits per heavy atom. The van der Waals surface area contributed by atoms with Crippen molar-refractivity contribution in [2.45, 2.75) is 0 Å². The zero-order valence-electron chi connectivity index (χ0n) is 18.1. The van der Waals surface area contributed by atoms with Crippen LogP contribution in [0, 0.1) is 17.8 Å². The second-order valence-corrected chi connectivity index (χ2v) is 8.00. The van der Waals surface area contributed by atoms with Gasteiger partial charge in [-0.05, 0) is 12.1 Å². The van der Waals surface area contributed by atoms with E-state index in [2.05, 4.69) is 11.8 Å². The molecule has 2 aliphatic carbocycles. The Morgan fingerprint density at radius 3 is 1.37 bits per heavy atom. The molecule has 168 valence electrons. The quantitative estimate of drug-likeness (QED) is 0.440. The van der Waals surface area contributed by atoms with Gasteiger partial charge in [-0.15, -0.1) is 0 Å². The van der Waals surface area contributed by atoms with Crippen LogP contribution in [0.4, 0.5) is 0 Å². The molecule has 2 aliphatic rings. The Hall–Kier alpha value is -5.02. The van der Waals surface area contributed by atoms with E-state index in [1.165, 1.54) is 24.3 Å². The Bertz CT molecular complexity index is 1490. The molecular formula is C29H16O6. The zero-order chi connectivity index (χ0) is 24.7. The first-order chi connectivity index (χ1) is 16.9. The summed E-state index contributed by atoms with van der Waals surface area (Å²) >= 11 is 0. The number of aliphatic hydroxyl groups is 2. The van der Waals surface area contributed by atoms with Crippen LogP contribution in [0.3, 0.4) is 0 Å². The average molecular weight is 460 g/mol. The number of hydrogen-bond donors (Lipinski definition) is 2. The molecule has 0 spiro atoms. The maximum Gasteiger partial charge on any atom is 0.234 e. The predicted molar refractivity (Wildman–Crippen MR) is 127 cm³/mol. The molecule has 0 saturated carbocycles. The van der Waals surface area contributed by atoms with E-state index < -0.39 is 51.7 Å². The zero-order valence-corrected chi connectivity index (χ0v) is 18.1. The third-order valence-corrected chi connectivity index (χ3v) is 5.98. The van der Waals surface area contributed by atoms with Crippen LogP contribution in [-0.4, -0.2) is 33.3 Å². The first kappa shape index (κ1) is 21.8. The van der Waals surface area contributed by atoms with Gasteiger partial charge in [0.2, 0.25) is 23.1 Å². The van der Waals surface area contributed by atoms with Gasteiger partial charge in [0.05, 0.1) is 17.1 Å². The van der Waals surface area contributed by atoms with Crippen LogP contribution in [0.2, 0.25) is 0 Å². The lowest BCUT2D eigenvalue weighted by molar-refractivity contribution is -0.112. The van der Waals surface area contributed by atoms with Gasteiger partial charge in [-0.3, -0.25) is 19.2 Å². The van der Waals surface area contributed by atoms with Crippen molar-refractivity contribution in [3.05, 3.63) is 118 Å².